The molecule has 1 amide bonds. The number of nitrogens with one attached hydrogen (secondary N) is 1. The molecule has 1 unspecified atom stereocenters. The highest BCUT2D eigenvalue weighted by Gasteiger charge is 2.31. The number of aliphatic carboxylic acids is 1. The van der Waals surface area contributed by atoms with E-state index in [1.807, 2.05) is 0 Å². The van der Waals surface area contributed by atoms with E-state index in [1.165, 1.54) is 12.1 Å². The third kappa shape index (κ3) is 3.00. The van der Waals surface area contributed by atoms with Gasteiger partial charge in [-0.15, -0.1) is 0 Å². The first kappa shape index (κ1) is 13.3. The van der Waals surface area contributed by atoms with Crippen LogP contribution in [0.1, 0.15) is 6.42 Å². The van der Waals surface area contributed by atoms with Gasteiger partial charge >= 0.3 is 5.97 Å². The van der Waals surface area contributed by atoms with Gasteiger partial charge in [-0.25, -0.2) is 9.18 Å². The summed E-state index contributed by atoms with van der Waals surface area (Å²) in [5.41, 5.74) is -0.321. The monoisotopic (exact) mass is 286 g/mol. The van der Waals surface area contributed by atoms with Crippen molar-refractivity contribution in [3.63, 3.8) is 0 Å². The molecule has 1 heterocycles. The van der Waals surface area contributed by atoms with Crippen molar-refractivity contribution in [2.24, 2.45) is 5.16 Å². The predicted molar refractivity (Wildman–Crippen MR) is 64.6 cm³/mol. The van der Waals surface area contributed by atoms with E-state index in [4.69, 9.17) is 16.7 Å². The molecule has 1 aliphatic heterocycles. The van der Waals surface area contributed by atoms with Gasteiger partial charge in [0.25, 0.3) is 5.91 Å². The molecule has 8 heteroatoms. The Kier molecular flexibility index (Phi) is 3.66. The number of oxime groups is 1. The van der Waals surface area contributed by atoms with E-state index in [2.05, 4.69) is 15.3 Å². The lowest BCUT2D eigenvalue weighted by Crippen LogP contribution is -2.29. The van der Waals surface area contributed by atoms with Crippen LogP contribution in [-0.4, -0.2) is 28.8 Å². The third-order valence-electron chi connectivity index (χ3n) is 2.40. The first-order valence-corrected chi connectivity index (χ1v) is 5.57. The van der Waals surface area contributed by atoms with Gasteiger partial charge in [0.15, 0.2) is 5.71 Å². The van der Waals surface area contributed by atoms with E-state index in [9.17, 15) is 14.0 Å². The molecule has 0 saturated heterocycles. The summed E-state index contributed by atoms with van der Waals surface area (Å²) in [6.07, 6.45) is -1.25. The van der Waals surface area contributed by atoms with Gasteiger partial charge in [-0.05, 0) is 18.2 Å². The summed E-state index contributed by atoms with van der Waals surface area (Å²) in [6, 6.07) is 3.75. The standard InChI is InChI=1S/C11H8ClFN2O4/c12-5-1-2-7(6(13)3-5)14-10(16)9-4-8(11(17)18)15-19-9/h1-3,9H,4H2,(H,14,16)(H,17,18). The van der Waals surface area contributed by atoms with Crippen LogP contribution >= 0.6 is 11.6 Å². The van der Waals surface area contributed by atoms with E-state index in [0.29, 0.717) is 0 Å². The molecule has 6 nitrogen and oxygen atoms in total. The fraction of sp³-hybridized carbons (Fsp3) is 0.182. The first-order valence-electron chi connectivity index (χ1n) is 5.19. The molecule has 100 valence electrons. The van der Waals surface area contributed by atoms with Crippen molar-refractivity contribution < 1.29 is 23.9 Å². The van der Waals surface area contributed by atoms with Gasteiger partial charge in [0.1, 0.15) is 5.82 Å². The van der Waals surface area contributed by atoms with Crippen molar-refractivity contribution in [1.82, 2.24) is 0 Å². The van der Waals surface area contributed by atoms with Crippen LogP contribution < -0.4 is 5.32 Å². The lowest BCUT2D eigenvalue weighted by Gasteiger charge is -2.10. The molecule has 0 aliphatic carbocycles. The Labute approximate surface area is 111 Å². The van der Waals surface area contributed by atoms with Crippen molar-refractivity contribution in [3.8, 4) is 0 Å². The Morgan fingerprint density at radius 1 is 1.53 bits per heavy atom. The highest BCUT2D eigenvalue weighted by atomic mass is 35.5. The Morgan fingerprint density at radius 2 is 2.26 bits per heavy atom. The zero-order valence-corrected chi connectivity index (χ0v) is 10.1. The summed E-state index contributed by atoms with van der Waals surface area (Å²) < 4.78 is 13.4. The number of anilines is 1. The van der Waals surface area contributed by atoms with Crippen LogP contribution in [0, 0.1) is 5.82 Å². The summed E-state index contributed by atoms with van der Waals surface area (Å²) in [7, 11) is 0. The second-order valence-electron chi connectivity index (χ2n) is 3.75. The number of nitrogens with zero attached hydrogens (tertiary/aromatic N) is 1. The number of carbonyl (C=O) groups excluding carboxylic acids is 1. The van der Waals surface area contributed by atoms with Gasteiger partial charge < -0.3 is 15.3 Å². The molecule has 0 radical (unpaired) electrons. The minimum atomic E-state index is -1.26. The molecule has 0 fully saturated rings. The molecule has 0 saturated carbocycles. The molecule has 2 N–H and O–H groups in total. The molecule has 0 bridgehead atoms. The van der Waals surface area contributed by atoms with Gasteiger partial charge in [-0.1, -0.05) is 16.8 Å². The van der Waals surface area contributed by atoms with Crippen molar-refractivity contribution in [1.29, 1.82) is 0 Å². The molecule has 0 spiro atoms. The Hall–Kier alpha value is -2.15. The average molecular weight is 287 g/mol. The maximum atomic E-state index is 13.4. The highest BCUT2D eigenvalue weighted by Crippen LogP contribution is 2.20. The largest absolute Gasteiger partial charge is 0.477 e. The minimum Gasteiger partial charge on any atom is -0.477 e. The van der Waals surface area contributed by atoms with E-state index in [1.54, 1.807) is 0 Å². The van der Waals surface area contributed by atoms with E-state index < -0.39 is 23.8 Å². The number of carbonyl (C=O) groups is 2. The van der Waals surface area contributed by atoms with Crippen LogP contribution in [0.2, 0.25) is 5.02 Å². The lowest BCUT2D eigenvalue weighted by molar-refractivity contribution is -0.129. The maximum Gasteiger partial charge on any atom is 0.353 e. The second kappa shape index (κ2) is 5.23. The fourth-order valence-electron chi connectivity index (χ4n) is 1.45. The molecule has 1 aromatic carbocycles. The highest BCUT2D eigenvalue weighted by molar-refractivity contribution is 6.36. The summed E-state index contributed by atoms with van der Waals surface area (Å²) >= 11 is 5.57. The van der Waals surface area contributed by atoms with Crippen molar-refractivity contribution in [2.75, 3.05) is 5.32 Å². The number of carboxylic acid groups (broad SMARTS) is 1. The van der Waals surface area contributed by atoms with Crippen LogP contribution in [0.5, 0.6) is 0 Å². The van der Waals surface area contributed by atoms with E-state index in [-0.39, 0.29) is 22.8 Å². The molecule has 2 rings (SSSR count). The van der Waals surface area contributed by atoms with Gasteiger partial charge in [0.2, 0.25) is 6.10 Å². The van der Waals surface area contributed by atoms with Crippen molar-refractivity contribution in [3.05, 3.63) is 29.0 Å². The quantitative estimate of drug-likeness (QED) is 0.884. The summed E-state index contributed by atoms with van der Waals surface area (Å²) in [6.45, 7) is 0. The zero-order valence-electron chi connectivity index (χ0n) is 9.39. The zero-order chi connectivity index (χ0) is 14.0. The Morgan fingerprint density at radius 3 is 2.84 bits per heavy atom. The maximum absolute atomic E-state index is 13.4. The average Bonchev–Trinajstić information content (AvgIpc) is 2.82. The van der Waals surface area contributed by atoms with Crippen LogP contribution in [0.25, 0.3) is 0 Å². The molecular weight excluding hydrogens is 279 g/mol. The van der Waals surface area contributed by atoms with Gasteiger partial charge in [-0.3, -0.25) is 4.79 Å². The fourth-order valence-corrected chi connectivity index (χ4v) is 1.61. The Balaban J connectivity index is 2.01. The topological polar surface area (TPSA) is 88.0 Å². The summed E-state index contributed by atoms with van der Waals surface area (Å²) in [5.74, 6) is -2.63. The summed E-state index contributed by atoms with van der Waals surface area (Å²) in [5, 5.41) is 14.4. The SMILES string of the molecule is O=C(O)C1=NOC(C(=O)Nc2ccc(Cl)cc2F)C1. The minimum absolute atomic E-state index is 0.0678. The molecule has 1 atom stereocenters. The molecule has 1 aliphatic rings. The summed E-state index contributed by atoms with van der Waals surface area (Å²) in [4.78, 5) is 27.0. The number of hydrogen-bond donors (Lipinski definition) is 2. The normalized spacial score (nSPS) is 17.6. The van der Waals surface area contributed by atoms with Gasteiger partial charge in [-0.2, -0.15) is 0 Å². The smallest absolute Gasteiger partial charge is 0.353 e. The molecule has 1 aromatic rings. The number of rotatable bonds is 3. The second-order valence-corrected chi connectivity index (χ2v) is 4.19. The van der Waals surface area contributed by atoms with Crippen LogP contribution in [0.3, 0.4) is 0 Å². The number of benzene rings is 1. The van der Waals surface area contributed by atoms with E-state index in [0.717, 1.165) is 6.07 Å². The van der Waals surface area contributed by atoms with Crippen LogP contribution in [0.4, 0.5) is 10.1 Å². The molecular formula is C11H8ClFN2O4. The van der Waals surface area contributed by atoms with Crippen molar-refractivity contribution >= 4 is 34.9 Å². The number of halogens is 2. The van der Waals surface area contributed by atoms with Gasteiger partial charge in [0.05, 0.1) is 5.69 Å². The van der Waals surface area contributed by atoms with Crippen molar-refractivity contribution in [2.45, 2.75) is 12.5 Å². The Bertz CT molecular complexity index is 576. The number of hydrogen-bond acceptors (Lipinski definition) is 4. The first-order chi connectivity index (χ1) is 8.97. The molecule has 0 aromatic heterocycles. The lowest BCUT2D eigenvalue weighted by atomic mass is 10.1. The molecule has 19 heavy (non-hydrogen) atoms. The third-order valence-corrected chi connectivity index (χ3v) is 2.63. The van der Waals surface area contributed by atoms with Gasteiger partial charge in [0, 0.05) is 11.4 Å². The number of amides is 1. The van der Waals surface area contributed by atoms with Crippen LogP contribution in [0.15, 0.2) is 23.4 Å². The number of carboxylic acids is 1. The van der Waals surface area contributed by atoms with E-state index >= 15 is 0 Å². The predicted octanol–water partition coefficient (Wildman–Crippen LogP) is 1.65. The van der Waals surface area contributed by atoms with Crippen LogP contribution in [-0.2, 0) is 14.4 Å².